The molecule has 3 N–H and O–H groups in total. The molecule has 3 saturated carbocycles. The summed E-state index contributed by atoms with van der Waals surface area (Å²) in [7, 11) is 2.66. The lowest BCUT2D eigenvalue weighted by atomic mass is 9.43. The van der Waals surface area contributed by atoms with Gasteiger partial charge in [-0.25, -0.2) is 28.1 Å². The first-order valence-electron chi connectivity index (χ1n) is 21.2. The van der Waals surface area contributed by atoms with Gasteiger partial charge in [-0.2, -0.15) is 0 Å². The molecule has 6 aliphatic rings. The van der Waals surface area contributed by atoms with E-state index >= 15 is 8.78 Å². The number of ether oxygens (including phenoxy) is 4. The van der Waals surface area contributed by atoms with E-state index in [0.717, 1.165) is 55.8 Å². The van der Waals surface area contributed by atoms with Gasteiger partial charge in [-0.15, -0.1) is 0 Å². The Morgan fingerprint density at radius 2 is 1.66 bits per heavy atom. The summed E-state index contributed by atoms with van der Waals surface area (Å²) in [5.41, 5.74) is -2.05. The van der Waals surface area contributed by atoms with E-state index in [2.05, 4.69) is 29.8 Å². The van der Waals surface area contributed by atoms with Crippen molar-refractivity contribution in [2.75, 3.05) is 47.5 Å². The maximum atomic E-state index is 15.8. The SMILES string of the molecule is COc1c(F)cc(C(NC(=O)N2CCN(C3CCNCC3)C2=O)C(=O)NC(Cc2ccc(F)c(C(=O)OC(C)(C)C)c2OC)B2O[C@@H]3C[C@@H]4C[C@@H](C4(C)C)[C@]3(C)O2)c(Cl)c1OC. The third-order valence-electron chi connectivity index (χ3n) is 13.5. The van der Waals surface area contributed by atoms with Crippen LogP contribution in [-0.2, 0) is 25.3 Å². The molecule has 2 aromatic carbocycles. The van der Waals surface area contributed by atoms with Crippen LogP contribution in [0.3, 0.4) is 0 Å². The Morgan fingerprint density at radius 3 is 2.29 bits per heavy atom. The quantitative estimate of drug-likeness (QED) is 0.173. The third kappa shape index (κ3) is 8.27. The number of methoxy groups -OCH3 is 3. The molecule has 6 fully saturated rings. The number of rotatable bonds is 12. The van der Waals surface area contributed by atoms with Crippen LogP contribution in [0.1, 0.15) is 94.8 Å². The molecule has 5 amide bonds. The number of benzene rings is 2. The number of hydrogen-bond donors (Lipinski definition) is 3. The minimum Gasteiger partial charge on any atom is -0.495 e. The Kier molecular flexibility index (Phi) is 12.7. The number of nitrogens with one attached hydrogen (secondary N) is 3. The predicted molar refractivity (Wildman–Crippen MR) is 224 cm³/mol. The van der Waals surface area contributed by atoms with E-state index in [9.17, 15) is 19.2 Å². The standard InChI is InChI=1S/C43H57BClF2N5O10/c1-41(2,3)60-38(54)31-26(46)11-10-22(34(31)57-7)18-30(44-61-29-20-23-19-28(42(23,4)5)43(29,6)62-44)49-37(53)33(25-21-27(47)35(58-8)36(59-9)32(25)45)50-39(55)52-17-16-51(40(52)56)24-12-14-48-15-13-24/h10-11,21,23-24,28-30,33,48H,12-20H2,1-9H3,(H,49,53)(H,50,55)/t23-,28-,29+,30?,33?,43-/m0/s1. The average molecular weight is 888 g/mol. The number of hydrogen-bond acceptors (Lipinski definition) is 11. The molecule has 2 bridgehead atoms. The Balaban J connectivity index is 1.26. The van der Waals surface area contributed by atoms with Gasteiger partial charge in [-0.3, -0.25) is 4.79 Å². The largest absolute Gasteiger partial charge is 0.495 e. The van der Waals surface area contributed by atoms with Crippen LogP contribution in [0.4, 0.5) is 18.4 Å². The highest BCUT2D eigenvalue weighted by molar-refractivity contribution is 6.48. The molecule has 3 heterocycles. The van der Waals surface area contributed by atoms with Crippen molar-refractivity contribution in [1.82, 2.24) is 25.8 Å². The maximum absolute atomic E-state index is 15.8. The van der Waals surface area contributed by atoms with Crippen LogP contribution < -0.4 is 30.2 Å². The van der Waals surface area contributed by atoms with Crippen LogP contribution in [0.15, 0.2) is 18.2 Å². The van der Waals surface area contributed by atoms with Crippen LogP contribution in [-0.4, -0.2) is 118 Å². The normalized spacial score (nSPS) is 25.4. The fourth-order valence-corrected chi connectivity index (χ4v) is 10.5. The number of piperidine rings is 1. The summed E-state index contributed by atoms with van der Waals surface area (Å²) in [4.78, 5) is 58.9. The number of imide groups is 1. The first kappa shape index (κ1) is 45.6. The molecule has 6 atom stereocenters. The fourth-order valence-electron chi connectivity index (χ4n) is 10.2. The molecular weight excluding hydrogens is 831 g/mol. The summed E-state index contributed by atoms with van der Waals surface area (Å²) in [6.45, 7) is 13.2. The molecule has 3 saturated heterocycles. The Labute approximate surface area is 366 Å². The highest BCUT2D eigenvalue weighted by Crippen LogP contribution is 2.66. The van der Waals surface area contributed by atoms with E-state index < -0.39 is 71.4 Å². The van der Waals surface area contributed by atoms with Gasteiger partial charge in [0, 0.05) is 24.7 Å². The van der Waals surface area contributed by atoms with Crippen molar-refractivity contribution in [3.8, 4) is 17.2 Å². The molecule has 2 unspecified atom stereocenters. The van der Waals surface area contributed by atoms with Crippen molar-refractivity contribution in [3.63, 3.8) is 0 Å². The van der Waals surface area contributed by atoms with Gasteiger partial charge in [0.2, 0.25) is 5.91 Å². The average Bonchev–Trinajstić information content (AvgIpc) is 3.79. The summed E-state index contributed by atoms with van der Waals surface area (Å²) in [6.07, 6.45) is 2.63. The van der Waals surface area contributed by atoms with Crippen LogP contribution in [0, 0.1) is 28.9 Å². The number of halogens is 3. The van der Waals surface area contributed by atoms with Crippen molar-refractivity contribution in [2.45, 2.75) is 109 Å². The molecule has 3 aliphatic heterocycles. The lowest BCUT2D eigenvalue weighted by Gasteiger charge is -2.64. The van der Waals surface area contributed by atoms with E-state index in [1.165, 1.54) is 27.4 Å². The molecule has 0 spiro atoms. The molecule has 338 valence electrons. The van der Waals surface area contributed by atoms with Crippen molar-refractivity contribution in [2.24, 2.45) is 17.3 Å². The topological polar surface area (TPSA) is 166 Å². The first-order valence-corrected chi connectivity index (χ1v) is 21.5. The summed E-state index contributed by atoms with van der Waals surface area (Å²) in [5.74, 6) is -4.88. The zero-order valence-corrected chi connectivity index (χ0v) is 37.5. The zero-order valence-electron chi connectivity index (χ0n) is 36.7. The molecule has 19 heteroatoms. The van der Waals surface area contributed by atoms with E-state index in [1.807, 2.05) is 6.92 Å². The van der Waals surface area contributed by atoms with Crippen LogP contribution in [0.5, 0.6) is 17.2 Å². The summed E-state index contributed by atoms with van der Waals surface area (Å²) in [6, 6.07) is 0.267. The Hall–Kier alpha value is -4.39. The maximum Gasteiger partial charge on any atom is 0.482 e. The monoisotopic (exact) mass is 887 g/mol. The van der Waals surface area contributed by atoms with E-state index in [1.54, 1.807) is 25.7 Å². The van der Waals surface area contributed by atoms with Crippen molar-refractivity contribution >= 4 is 42.7 Å². The molecule has 8 rings (SSSR count). The van der Waals surface area contributed by atoms with Gasteiger partial charge in [-0.05, 0) is 108 Å². The van der Waals surface area contributed by atoms with Gasteiger partial charge in [0.1, 0.15) is 28.8 Å². The number of carbonyl (C=O) groups is 4. The van der Waals surface area contributed by atoms with Gasteiger partial charge >= 0.3 is 25.1 Å². The minimum atomic E-state index is -1.73. The second-order valence-electron chi connectivity index (χ2n) is 18.6. The smallest absolute Gasteiger partial charge is 0.482 e. The number of amides is 5. The van der Waals surface area contributed by atoms with Gasteiger partial charge in [0.05, 0.1) is 44.0 Å². The highest BCUT2D eigenvalue weighted by atomic mass is 35.5. The third-order valence-corrected chi connectivity index (χ3v) is 13.9. The van der Waals surface area contributed by atoms with Gasteiger partial charge in [-0.1, -0.05) is 31.5 Å². The zero-order chi connectivity index (χ0) is 45.1. The molecule has 3 aliphatic carbocycles. The number of urea groups is 2. The Bertz CT molecular complexity index is 2100. The van der Waals surface area contributed by atoms with E-state index in [0.29, 0.717) is 18.0 Å². The first-order chi connectivity index (χ1) is 29.2. The van der Waals surface area contributed by atoms with E-state index in [-0.39, 0.29) is 64.3 Å². The van der Waals surface area contributed by atoms with Crippen molar-refractivity contribution in [1.29, 1.82) is 0 Å². The molecule has 0 aromatic heterocycles. The molecule has 15 nitrogen and oxygen atoms in total. The van der Waals surface area contributed by atoms with Gasteiger partial charge in [0.25, 0.3) is 0 Å². The van der Waals surface area contributed by atoms with Crippen LogP contribution in [0.25, 0.3) is 0 Å². The van der Waals surface area contributed by atoms with E-state index in [4.69, 9.17) is 39.9 Å². The molecule has 62 heavy (non-hydrogen) atoms. The van der Waals surface area contributed by atoms with Crippen LogP contribution >= 0.6 is 11.6 Å². The second-order valence-corrected chi connectivity index (χ2v) is 19.0. The lowest BCUT2D eigenvalue weighted by Crippen LogP contribution is -2.65. The number of nitrogens with zero attached hydrogens (tertiary/aromatic N) is 2. The second kappa shape index (κ2) is 17.3. The Morgan fingerprint density at radius 1 is 0.984 bits per heavy atom. The molecule has 0 radical (unpaired) electrons. The molecular formula is C43H57BClF2N5O10. The van der Waals surface area contributed by atoms with Gasteiger partial charge in [0.15, 0.2) is 17.3 Å². The predicted octanol–water partition coefficient (Wildman–Crippen LogP) is 5.83. The lowest BCUT2D eigenvalue weighted by molar-refractivity contribution is -0.199. The van der Waals surface area contributed by atoms with Crippen LogP contribution in [0.2, 0.25) is 5.02 Å². The summed E-state index contributed by atoms with van der Waals surface area (Å²) in [5, 5.41) is 8.66. The van der Waals surface area contributed by atoms with Gasteiger partial charge < -0.3 is 49.1 Å². The summed E-state index contributed by atoms with van der Waals surface area (Å²) < 4.78 is 66.6. The minimum absolute atomic E-state index is 0.0230. The van der Waals surface area contributed by atoms with Crippen molar-refractivity contribution < 1.29 is 56.2 Å². The summed E-state index contributed by atoms with van der Waals surface area (Å²) >= 11 is 6.85. The number of esters is 1. The molecule has 2 aromatic rings. The number of carbonyl (C=O) groups excluding carboxylic acids is 4. The van der Waals surface area contributed by atoms with Crippen molar-refractivity contribution in [3.05, 3.63) is 51.5 Å². The fraction of sp³-hybridized carbons (Fsp3) is 0.628. The highest BCUT2D eigenvalue weighted by Gasteiger charge is 2.68.